The van der Waals surface area contributed by atoms with Crippen LogP contribution in [0.25, 0.3) is 0 Å². The van der Waals surface area contributed by atoms with Crippen LogP contribution in [-0.2, 0) is 0 Å². The minimum absolute atomic E-state index is 0.0358. The Morgan fingerprint density at radius 2 is 1.92 bits per heavy atom. The molecule has 0 amide bonds. The first kappa shape index (κ1) is 12.0. The molecule has 1 atom stereocenters. The molecule has 1 unspecified atom stereocenters. The zero-order valence-corrected chi connectivity index (χ0v) is 9.70. The predicted octanol–water partition coefficient (Wildman–Crippen LogP) is 4.39. The number of halogens is 1. The van der Waals surface area contributed by atoms with Gasteiger partial charge in [-0.15, -0.1) is 11.6 Å². The first-order valence-corrected chi connectivity index (χ1v) is 5.06. The minimum atomic E-state index is -0.0358. The van der Waals surface area contributed by atoms with Gasteiger partial charge in [0.2, 0.25) is 0 Å². The van der Waals surface area contributed by atoms with Crippen molar-refractivity contribution >= 4 is 11.6 Å². The van der Waals surface area contributed by atoms with Crippen LogP contribution in [0.1, 0.15) is 47.5 Å². The number of hydrogen-bond donors (Lipinski definition) is 0. The molecule has 1 heteroatoms. The lowest BCUT2D eigenvalue weighted by Crippen LogP contribution is -2.23. The highest BCUT2D eigenvalue weighted by Crippen LogP contribution is 2.29. The fraction of sp³-hybridized carbons (Fsp3) is 0.818. The summed E-state index contributed by atoms with van der Waals surface area (Å²) in [6.07, 6.45) is 4.42. The van der Waals surface area contributed by atoms with Crippen LogP contribution in [0.2, 0.25) is 0 Å². The van der Waals surface area contributed by atoms with Crippen LogP contribution in [0.3, 0.4) is 0 Å². The molecular weight excluding hydrogens is 168 g/mol. The van der Waals surface area contributed by atoms with Gasteiger partial charge in [0, 0.05) is 4.87 Å². The van der Waals surface area contributed by atoms with Crippen LogP contribution >= 0.6 is 11.6 Å². The Morgan fingerprint density at radius 3 is 2.25 bits per heavy atom. The Morgan fingerprint density at radius 1 is 1.42 bits per heavy atom. The van der Waals surface area contributed by atoms with E-state index in [2.05, 4.69) is 40.7 Å². The summed E-state index contributed by atoms with van der Waals surface area (Å²) in [5.74, 6) is 0.546. The summed E-state index contributed by atoms with van der Waals surface area (Å²) in [5.41, 5.74) is 1.38. The van der Waals surface area contributed by atoms with Gasteiger partial charge in [-0.25, -0.2) is 0 Å². The molecule has 0 N–H and O–H groups in total. The Labute approximate surface area is 82.0 Å². The lowest BCUT2D eigenvalue weighted by atomic mass is 9.92. The van der Waals surface area contributed by atoms with Crippen LogP contribution < -0.4 is 0 Å². The first-order chi connectivity index (χ1) is 5.36. The van der Waals surface area contributed by atoms with Crippen LogP contribution in [0.5, 0.6) is 0 Å². The zero-order valence-electron chi connectivity index (χ0n) is 8.95. The van der Waals surface area contributed by atoms with Gasteiger partial charge in [-0.05, 0) is 39.5 Å². The molecule has 12 heavy (non-hydrogen) atoms. The highest BCUT2D eigenvalue weighted by atomic mass is 35.5. The predicted molar refractivity (Wildman–Crippen MR) is 57.8 cm³/mol. The molecule has 0 aromatic carbocycles. The van der Waals surface area contributed by atoms with Crippen LogP contribution in [0, 0.1) is 5.92 Å². The normalized spacial score (nSPS) is 15.9. The minimum Gasteiger partial charge on any atom is -0.119 e. The quantitative estimate of drug-likeness (QED) is 0.454. The van der Waals surface area contributed by atoms with E-state index in [-0.39, 0.29) is 4.87 Å². The van der Waals surface area contributed by atoms with E-state index in [9.17, 15) is 0 Å². The van der Waals surface area contributed by atoms with Crippen molar-refractivity contribution in [3.05, 3.63) is 11.6 Å². The number of hydrogen-bond acceptors (Lipinski definition) is 0. The van der Waals surface area contributed by atoms with E-state index in [4.69, 9.17) is 11.6 Å². The summed E-state index contributed by atoms with van der Waals surface area (Å²) in [5, 5.41) is 0. The van der Waals surface area contributed by atoms with Gasteiger partial charge < -0.3 is 0 Å². The molecule has 0 aromatic heterocycles. The topological polar surface area (TPSA) is 0 Å². The number of alkyl halides is 1. The third-order valence-corrected chi connectivity index (χ3v) is 3.01. The summed E-state index contributed by atoms with van der Waals surface area (Å²) in [6.45, 7) is 10.7. The summed E-state index contributed by atoms with van der Waals surface area (Å²) in [7, 11) is 0. The van der Waals surface area contributed by atoms with Crippen molar-refractivity contribution in [3.63, 3.8) is 0 Å². The molecule has 0 rings (SSSR count). The molecule has 0 aliphatic heterocycles. The molecule has 0 aromatic rings. The standard InChI is InChI=1S/C11H21Cl/c1-9(2)7-6-8-11(5,12)10(3)4/h7,10H,6,8H2,1-5H3. The molecule has 0 nitrogen and oxygen atoms in total. The van der Waals surface area contributed by atoms with Gasteiger partial charge in [0.05, 0.1) is 0 Å². The van der Waals surface area contributed by atoms with Crippen molar-refractivity contribution in [1.29, 1.82) is 0 Å². The lowest BCUT2D eigenvalue weighted by Gasteiger charge is -2.25. The molecule has 0 aliphatic rings. The van der Waals surface area contributed by atoms with E-state index in [0.717, 1.165) is 12.8 Å². The van der Waals surface area contributed by atoms with E-state index >= 15 is 0 Å². The van der Waals surface area contributed by atoms with E-state index in [1.165, 1.54) is 5.57 Å². The van der Waals surface area contributed by atoms with Crippen molar-refractivity contribution in [2.45, 2.75) is 52.3 Å². The largest absolute Gasteiger partial charge is 0.119 e. The van der Waals surface area contributed by atoms with Crippen molar-refractivity contribution in [2.75, 3.05) is 0 Å². The van der Waals surface area contributed by atoms with Crippen LogP contribution in [0.15, 0.2) is 11.6 Å². The van der Waals surface area contributed by atoms with Gasteiger partial charge in [0.15, 0.2) is 0 Å². The SMILES string of the molecule is CC(C)=CCCC(C)(Cl)C(C)C. The smallest absolute Gasteiger partial charge is 0.0444 e. The highest BCUT2D eigenvalue weighted by Gasteiger charge is 2.23. The molecule has 0 fully saturated rings. The molecule has 0 spiro atoms. The van der Waals surface area contributed by atoms with Gasteiger partial charge in [0.1, 0.15) is 0 Å². The second kappa shape index (κ2) is 4.91. The average molecular weight is 189 g/mol. The lowest BCUT2D eigenvalue weighted by molar-refractivity contribution is 0.431. The monoisotopic (exact) mass is 188 g/mol. The van der Waals surface area contributed by atoms with Crippen molar-refractivity contribution in [1.82, 2.24) is 0 Å². The van der Waals surface area contributed by atoms with Crippen LogP contribution in [-0.4, -0.2) is 4.87 Å². The van der Waals surface area contributed by atoms with Crippen LogP contribution in [0.4, 0.5) is 0 Å². The zero-order chi connectivity index (χ0) is 9.78. The third kappa shape index (κ3) is 4.82. The van der Waals surface area contributed by atoms with E-state index in [1.807, 2.05) is 0 Å². The van der Waals surface area contributed by atoms with Gasteiger partial charge in [-0.2, -0.15) is 0 Å². The van der Waals surface area contributed by atoms with Gasteiger partial charge in [-0.3, -0.25) is 0 Å². The second-order valence-corrected chi connectivity index (χ2v) is 5.12. The van der Waals surface area contributed by atoms with Crippen molar-refractivity contribution in [3.8, 4) is 0 Å². The maximum atomic E-state index is 6.33. The molecule has 0 radical (unpaired) electrons. The maximum absolute atomic E-state index is 6.33. The van der Waals surface area contributed by atoms with Crippen molar-refractivity contribution < 1.29 is 0 Å². The Bertz CT molecular complexity index is 150. The summed E-state index contributed by atoms with van der Waals surface area (Å²) >= 11 is 6.33. The molecule has 0 aliphatic carbocycles. The Kier molecular flexibility index (Phi) is 4.92. The van der Waals surface area contributed by atoms with E-state index in [1.54, 1.807) is 0 Å². The molecule has 0 saturated carbocycles. The summed E-state index contributed by atoms with van der Waals surface area (Å²) in [6, 6.07) is 0. The molecule has 0 bridgehead atoms. The Balaban J connectivity index is 3.84. The van der Waals surface area contributed by atoms with Gasteiger partial charge in [-0.1, -0.05) is 25.5 Å². The molecule has 0 heterocycles. The maximum Gasteiger partial charge on any atom is 0.0444 e. The average Bonchev–Trinajstić information content (AvgIpc) is 1.85. The second-order valence-electron chi connectivity index (χ2n) is 4.25. The number of rotatable bonds is 4. The number of allylic oxidation sites excluding steroid dienone is 2. The third-order valence-electron chi connectivity index (χ3n) is 2.39. The van der Waals surface area contributed by atoms with E-state index in [0.29, 0.717) is 5.92 Å². The summed E-state index contributed by atoms with van der Waals surface area (Å²) in [4.78, 5) is -0.0358. The van der Waals surface area contributed by atoms with Gasteiger partial charge in [0.25, 0.3) is 0 Å². The highest BCUT2D eigenvalue weighted by molar-refractivity contribution is 6.23. The fourth-order valence-electron chi connectivity index (χ4n) is 0.932. The van der Waals surface area contributed by atoms with E-state index < -0.39 is 0 Å². The van der Waals surface area contributed by atoms with Gasteiger partial charge >= 0.3 is 0 Å². The molecular formula is C11H21Cl. The van der Waals surface area contributed by atoms with Crippen molar-refractivity contribution in [2.24, 2.45) is 5.92 Å². The first-order valence-electron chi connectivity index (χ1n) is 4.68. The molecule has 72 valence electrons. The Hall–Kier alpha value is 0.0300. The fourth-order valence-corrected chi connectivity index (χ4v) is 1.04. The summed E-state index contributed by atoms with van der Waals surface area (Å²) < 4.78 is 0. The molecule has 0 saturated heterocycles.